The second-order valence-corrected chi connectivity index (χ2v) is 5.65. The fourth-order valence-corrected chi connectivity index (χ4v) is 2.57. The zero-order chi connectivity index (χ0) is 15.2. The third kappa shape index (κ3) is 3.84. The summed E-state index contributed by atoms with van der Waals surface area (Å²) in [4.78, 5) is 0. The van der Waals surface area contributed by atoms with Crippen molar-refractivity contribution < 1.29 is 4.74 Å². The van der Waals surface area contributed by atoms with Crippen LogP contribution in [0.15, 0.2) is 30.5 Å². The number of hydrogen-bond acceptors (Lipinski definition) is 3. The lowest BCUT2D eigenvalue weighted by Gasteiger charge is -2.14. The van der Waals surface area contributed by atoms with Gasteiger partial charge in [0.1, 0.15) is 0 Å². The summed E-state index contributed by atoms with van der Waals surface area (Å²) in [5.41, 5.74) is 3.31. The molecule has 21 heavy (non-hydrogen) atoms. The number of benzene rings is 1. The van der Waals surface area contributed by atoms with Gasteiger partial charge >= 0.3 is 0 Å². The molecule has 0 spiro atoms. The number of hydrogen-bond donors (Lipinski definition) is 1. The number of methoxy groups -OCH3 is 1. The predicted molar refractivity (Wildman–Crippen MR) is 86.2 cm³/mol. The molecule has 1 N–H and O–H groups in total. The van der Waals surface area contributed by atoms with Crippen LogP contribution >= 0.6 is 11.6 Å². The lowest BCUT2D eigenvalue weighted by Crippen LogP contribution is -2.19. The van der Waals surface area contributed by atoms with Gasteiger partial charge < -0.3 is 10.1 Å². The Morgan fingerprint density at radius 3 is 2.76 bits per heavy atom. The van der Waals surface area contributed by atoms with Crippen LogP contribution in [0, 0.1) is 0 Å². The molecule has 5 heteroatoms. The van der Waals surface area contributed by atoms with E-state index in [9.17, 15) is 0 Å². The number of halogens is 1. The minimum absolute atomic E-state index is 0.364. The van der Waals surface area contributed by atoms with Crippen molar-refractivity contribution in [3.8, 4) is 5.69 Å². The van der Waals surface area contributed by atoms with Gasteiger partial charge in [0, 0.05) is 25.8 Å². The van der Waals surface area contributed by atoms with Crippen molar-refractivity contribution in [2.24, 2.45) is 0 Å². The minimum atomic E-state index is 0.364. The summed E-state index contributed by atoms with van der Waals surface area (Å²) in [5.74, 6) is 0.364. The van der Waals surface area contributed by atoms with Gasteiger partial charge in [-0.15, -0.1) is 0 Å². The molecule has 1 aromatic carbocycles. The number of nitrogens with one attached hydrogen (secondary N) is 1. The minimum Gasteiger partial charge on any atom is -0.383 e. The third-order valence-electron chi connectivity index (χ3n) is 3.31. The van der Waals surface area contributed by atoms with Gasteiger partial charge in [-0.3, -0.25) is 0 Å². The fourth-order valence-electron chi connectivity index (χ4n) is 2.36. The third-order valence-corrected chi connectivity index (χ3v) is 3.63. The average molecular weight is 308 g/mol. The Labute approximate surface area is 131 Å². The monoisotopic (exact) mass is 307 g/mol. The molecule has 0 aliphatic heterocycles. The molecule has 1 heterocycles. The summed E-state index contributed by atoms with van der Waals surface area (Å²) in [6.07, 6.45) is 1.92. The van der Waals surface area contributed by atoms with E-state index in [1.165, 1.54) is 11.3 Å². The normalized spacial score (nSPS) is 11.3. The van der Waals surface area contributed by atoms with E-state index in [1.54, 1.807) is 7.11 Å². The maximum absolute atomic E-state index is 6.30. The number of nitrogens with zero attached hydrogens (tertiary/aromatic N) is 2. The van der Waals surface area contributed by atoms with E-state index in [-0.39, 0.29) is 0 Å². The van der Waals surface area contributed by atoms with Crippen molar-refractivity contribution in [3.05, 3.63) is 46.7 Å². The quantitative estimate of drug-likeness (QED) is 0.797. The van der Waals surface area contributed by atoms with Crippen LogP contribution in [0.2, 0.25) is 5.02 Å². The molecule has 0 radical (unpaired) electrons. The van der Waals surface area contributed by atoms with Crippen molar-refractivity contribution in [3.63, 3.8) is 0 Å². The second kappa shape index (κ2) is 7.59. The molecule has 2 rings (SSSR count). The van der Waals surface area contributed by atoms with Crippen LogP contribution in [0.25, 0.3) is 5.69 Å². The van der Waals surface area contributed by atoms with Crippen molar-refractivity contribution in [2.45, 2.75) is 26.3 Å². The highest BCUT2D eigenvalue weighted by molar-refractivity contribution is 6.32. The molecule has 2 aromatic rings. The summed E-state index contributed by atoms with van der Waals surface area (Å²) >= 11 is 6.30. The number of rotatable bonds is 7. The molecule has 0 aliphatic carbocycles. The van der Waals surface area contributed by atoms with Crippen molar-refractivity contribution in [1.82, 2.24) is 15.1 Å². The van der Waals surface area contributed by atoms with E-state index < -0.39 is 0 Å². The maximum atomic E-state index is 6.30. The molecule has 0 amide bonds. The maximum Gasteiger partial charge on any atom is 0.0835 e. The Kier molecular flexibility index (Phi) is 5.79. The van der Waals surface area contributed by atoms with Gasteiger partial charge in [-0.1, -0.05) is 37.6 Å². The van der Waals surface area contributed by atoms with E-state index in [4.69, 9.17) is 16.3 Å². The van der Waals surface area contributed by atoms with Gasteiger partial charge in [0.25, 0.3) is 0 Å². The summed E-state index contributed by atoms with van der Waals surface area (Å²) < 4.78 is 6.99. The molecular weight excluding hydrogens is 286 g/mol. The van der Waals surface area contributed by atoms with E-state index in [2.05, 4.69) is 24.3 Å². The Hall–Kier alpha value is -1.36. The highest BCUT2D eigenvalue weighted by Gasteiger charge is 2.16. The molecule has 0 unspecified atom stereocenters. The summed E-state index contributed by atoms with van der Waals surface area (Å²) in [6.45, 7) is 6.65. The topological polar surface area (TPSA) is 39.1 Å². The summed E-state index contributed by atoms with van der Waals surface area (Å²) in [7, 11) is 1.71. The Morgan fingerprint density at radius 2 is 2.10 bits per heavy atom. The van der Waals surface area contributed by atoms with E-state index in [0.717, 1.165) is 18.8 Å². The number of para-hydroxylation sites is 1. The number of ether oxygens (including phenoxy) is 1. The average Bonchev–Trinajstić information content (AvgIpc) is 2.88. The first-order valence-corrected chi connectivity index (χ1v) is 7.54. The molecule has 4 nitrogen and oxygen atoms in total. The largest absolute Gasteiger partial charge is 0.383 e. The molecule has 0 saturated heterocycles. The van der Waals surface area contributed by atoms with Gasteiger partial charge in [-0.25, -0.2) is 4.68 Å². The Balaban J connectivity index is 2.27. The first-order valence-electron chi connectivity index (χ1n) is 7.16. The highest BCUT2D eigenvalue weighted by Crippen LogP contribution is 2.26. The number of aromatic nitrogens is 2. The van der Waals surface area contributed by atoms with E-state index in [1.807, 2.05) is 35.1 Å². The van der Waals surface area contributed by atoms with Crippen LogP contribution in [0.4, 0.5) is 0 Å². The molecule has 0 saturated carbocycles. The zero-order valence-corrected chi connectivity index (χ0v) is 13.5. The van der Waals surface area contributed by atoms with E-state index in [0.29, 0.717) is 17.5 Å². The van der Waals surface area contributed by atoms with Gasteiger partial charge in [-0.2, -0.15) is 5.10 Å². The highest BCUT2D eigenvalue weighted by atomic mass is 35.5. The first-order chi connectivity index (χ1) is 10.1. The standard InChI is InChI=1S/C16H22ClN3O/c1-12(2)16-13(10-18-8-9-21-3)11-19-20(16)15-7-5-4-6-14(15)17/h4-7,11-12,18H,8-10H2,1-3H3. The van der Waals surface area contributed by atoms with Gasteiger partial charge in [-0.05, 0) is 18.1 Å². The SMILES string of the molecule is COCCNCc1cnn(-c2ccccc2Cl)c1C(C)C. The van der Waals surface area contributed by atoms with Crippen molar-refractivity contribution >= 4 is 11.6 Å². The molecule has 0 fully saturated rings. The van der Waals surface area contributed by atoms with Crippen LogP contribution in [-0.4, -0.2) is 30.0 Å². The molecule has 0 bridgehead atoms. The molecular formula is C16H22ClN3O. The molecule has 1 aromatic heterocycles. The lowest BCUT2D eigenvalue weighted by molar-refractivity contribution is 0.199. The fraction of sp³-hybridized carbons (Fsp3) is 0.438. The zero-order valence-electron chi connectivity index (χ0n) is 12.8. The van der Waals surface area contributed by atoms with Crippen LogP contribution in [-0.2, 0) is 11.3 Å². The second-order valence-electron chi connectivity index (χ2n) is 5.24. The first kappa shape index (κ1) is 16.0. The van der Waals surface area contributed by atoms with Crippen LogP contribution < -0.4 is 5.32 Å². The van der Waals surface area contributed by atoms with Gasteiger partial charge in [0.15, 0.2) is 0 Å². The van der Waals surface area contributed by atoms with Crippen LogP contribution in [0.1, 0.15) is 31.0 Å². The van der Waals surface area contributed by atoms with Gasteiger partial charge in [0.05, 0.1) is 29.2 Å². The van der Waals surface area contributed by atoms with Crippen molar-refractivity contribution in [1.29, 1.82) is 0 Å². The smallest absolute Gasteiger partial charge is 0.0835 e. The lowest BCUT2D eigenvalue weighted by atomic mass is 10.1. The molecule has 0 aliphatic rings. The van der Waals surface area contributed by atoms with Crippen LogP contribution in [0.5, 0.6) is 0 Å². The van der Waals surface area contributed by atoms with Gasteiger partial charge in [0.2, 0.25) is 0 Å². The van der Waals surface area contributed by atoms with Crippen molar-refractivity contribution in [2.75, 3.05) is 20.3 Å². The predicted octanol–water partition coefficient (Wildman–Crippen LogP) is 3.39. The molecule has 0 atom stereocenters. The van der Waals surface area contributed by atoms with E-state index >= 15 is 0 Å². The summed E-state index contributed by atoms with van der Waals surface area (Å²) in [5, 5.41) is 8.60. The van der Waals surface area contributed by atoms with Crippen LogP contribution in [0.3, 0.4) is 0 Å². The summed E-state index contributed by atoms with van der Waals surface area (Å²) in [6, 6.07) is 7.78. The Bertz CT molecular complexity index is 581. The Morgan fingerprint density at radius 1 is 1.33 bits per heavy atom. The molecule has 114 valence electrons.